The molecule has 0 radical (unpaired) electrons. The molecule has 4 heteroatoms. The van der Waals surface area contributed by atoms with Gasteiger partial charge in [0, 0.05) is 13.1 Å². The maximum Gasteiger partial charge on any atom is 0.255 e. The average molecular weight is 250 g/mol. The maximum atomic E-state index is 12.0. The number of amides is 1. The van der Waals surface area contributed by atoms with Crippen LogP contribution in [0.25, 0.3) is 0 Å². The normalized spacial score (nSPS) is 10.1. The number of nitrogens with one attached hydrogen (secondary N) is 2. The third-order valence-electron chi connectivity index (χ3n) is 2.45. The quantitative estimate of drug-likeness (QED) is 0.692. The van der Waals surface area contributed by atoms with Crippen LogP contribution in [0.15, 0.2) is 24.3 Å². The Balaban J connectivity index is 2.45. The Bertz CT molecular complexity index is 367. The van der Waals surface area contributed by atoms with Crippen LogP contribution in [-0.2, 0) is 0 Å². The van der Waals surface area contributed by atoms with Gasteiger partial charge in [0.1, 0.15) is 5.75 Å². The van der Waals surface area contributed by atoms with Gasteiger partial charge in [-0.3, -0.25) is 4.79 Å². The van der Waals surface area contributed by atoms with Gasteiger partial charge in [0.25, 0.3) is 5.91 Å². The van der Waals surface area contributed by atoms with Crippen molar-refractivity contribution in [3.05, 3.63) is 29.8 Å². The van der Waals surface area contributed by atoms with Crippen molar-refractivity contribution in [3.63, 3.8) is 0 Å². The van der Waals surface area contributed by atoms with Gasteiger partial charge in [-0.05, 0) is 32.0 Å². The molecule has 0 saturated heterocycles. The first kappa shape index (κ1) is 14.5. The summed E-state index contributed by atoms with van der Waals surface area (Å²) in [6, 6.07) is 7.30. The number of para-hydroxylation sites is 1. The molecule has 1 amide bonds. The Morgan fingerprint density at radius 2 is 1.94 bits per heavy atom. The van der Waals surface area contributed by atoms with Gasteiger partial charge in [0.2, 0.25) is 0 Å². The first-order valence-corrected chi connectivity index (χ1v) is 6.50. The number of carbonyl (C=O) groups is 1. The zero-order chi connectivity index (χ0) is 13.2. The van der Waals surface area contributed by atoms with Gasteiger partial charge in [0.05, 0.1) is 12.2 Å². The van der Waals surface area contributed by atoms with Crippen LogP contribution >= 0.6 is 0 Å². The van der Waals surface area contributed by atoms with Gasteiger partial charge in [-0.1, -0.05) is 19.1 Å². The second-order valence-corrected chi connectivity index (χ2v) is 3.94. The molecule has 18 heavy (non-hydrogen) atoms. The lowest BCUT2D eigenvalue weighted by molar-refractivity contribution is 0.0950. The van der Waals surface area contributed by atoms with E-state index in [0.29, 0.717) is 24.5 Å². The summed E-state index contributed by atoms with van der Waals surface area (Å²) in [5, 5.41) is 6.11. The molecule has 4 nitrogen and oxygen atoms in total. The lowest BCUT2D eigenvalue weighted by atomic mass is 10.2. The summed E-state index contributed by atoms with van der Waals surface area (Å²) in [5.74, 6) is 0.552. The molecule has 0 bridgehead atoms. The minimum Gasteiger partial charge on any atom is -0.493 e. The molecule has 0 aliphatic carbocycles. The molecular formula is C14H22N2O2. The molecule has 0 atom stereocenters. The Hall–Kier alpha value is -1.55. The number of hydrogen-bond donors (Lipinski definition) is 2. The third-order valence-corrected chi connectivity index (χ3v) is 2.45. The number of hydrogen-bond acceptors (Lipinski definition) is 3. The molecule has 1 rings (SSSR count). The maximum absolute atomic E-state index is 12.0. The SMILES string of the molecule is CCCNCCNC(=O)c1ccccc1OCC. The fourth-order valence-corrected chi connectivity index (χ4v) is 1.60. The lowest BCUT2D eigenvalue weighted by Gasteiger charge is -2.10. The Morgan fingerprint density at radius 3 is 2.67 bits per heavy atom. The molecule has 2 N–H and O–H groups in total. The highest BCUT2D eigenvalue weighted by molar-refractivity contribution is 5.96. The van der Waals surface area contributed by atoms with Crippen LogP contribution in [0.5, 0.6) is 5.75 Å². The molecule has 0 aromatic heterocycles. The topological polar surface area (TPSA) is 50.4 Å². The first-order chi connectivity index (χ1) is 8.79. The Kier molecular flexibility index (Phi) is 6.87. The zero-order valence-corrected chi connectivity index (χ0v) is 11.2. The molecule has 0 fully saturated rings. The fourth-order valence-electron chi connectivity index (χ4n) is 1.60. The first-order valence-electron chi connectivity index (χ1n) is 6.50. The van der Waals surface area contributed by atoms with Crippen LogP contribution in [0.4, 0.5) is 0 Å². The Labute approximate surface area is 109 Å². The molecule has 0 spiro atoms. The van der Waals surface area contributed by atoms with Crippen molar-refractivity contribution in [1.29, 1.82) is 0 Å². The molecule has 0 saturated carbocycles. The molecule has 0 aliphatic heterocycles. The second-order valence-electron chi connectivity index (χ2n) is 3.94. The van der Waals surface area contributed by atoms with E-state index in [1.54, 1.807) is 6.07 Å². The Morgan fingerprint density at radius 1 is 1.17 bits per heavy atom. The average Bonchev–Trinajstić information content (AvgIpc) is 2.39. The summed E-state index contributed by atoms with van der Waals surface area (Å²) < 4.78 is 5.43. The van der Waals surface area contributed by atoms with Gasteiger partial charge in [0.15, 0.2) is 0 Å². The predicted octanol–water partition coefficient (Wildman–Crippen LogP) is 1.81. The van der Waals surface area contributed by atoms with Crippen LogP contribution in [0.1, 0.15) is 30.6 Å². The second kappa shape index (κ2) is 8.53. The predicted molar refractivity (Wildman–Crippen MR) is 73.1 cm³/mol. The van der Waals surface area contributed by atoms with Crippen LogP contribution in [0.2, 0.25) is 0 Å². The minimum atomic E-state index is -0.0858. The zero-order valence-electron chi connectivity index (χ0n) is 11.2. The molecule has 1 aromatic carbocycles. The molecule has 100 valence electrons. The van der Waals surface area contributed by atoms with E-state index in [1.165, 1.54) is 0 Å². The van der Waals surface area contributed by atoms with Gasteiger partial charge in [-0.2, -0.15) is 0 Å². The van der Waals surface area contributed by atoms with Crippen molar-refractivity contribution >= 4 is 5.91 Å². The minimum absolute atomic E-state index is 0.0858. The summed E-state index contributed by atoms with van der Waals surface area (Å²) in [7, 11) is 0. The van der Waals surface area contributed by atoms with E-state index in [0.717, 1.165) is 19.5 Å². The smallest absolute Gasteiger partial charge is 0.255 e. The van der Waals surface area contributed by atoms with Gasteiger partial charge in [-0.25, -0.2) is 0 Å². The summed E-state index contributed by atoms with van der Waals surface area (Å²) in [4.78, 5) is 12.0. The lowest BCUT2D eigenvalue weighted by Crippen LogP contribution is -2.32. The fraction of sp³-hybridized carbons (Fsp3) is 0.500. The van der Waals surface area contributed by atoms with Crippen molar-refractivity contribution in [2.24, 2.45) is 0 Å². The van der Waals surface area contributed by atoms with E-state index in [2.05, 4.69) is 17.6 Å². The van der Waals surface area contributed by atoms with Crippen LogP contribution in [0.3, 0.4) is 0 Å². The highest BCUT2D eigenvalue weighted by Gasteiger charge is 2.10. The van der Waals surface area contributed by atoms with Crippen molar-refractivity contribution in [2.75, 3.05) is 26.2 Å². The van der Waals surface area contributed by atoms with E-state index in [1.807, 2.05) is 25.1 Å². The van der Waals surface area contributed by atoms with E-state index < -0.39 is 0 Å². The number of rotatable bonds is 8. The van der Waals surface area contributed by atoms with Gasteiger partial charge in [-0.15, -0.1) is 0 Å². The highest BCUT2D eigenvalue weighted by atomic mass is 16.5. The molecular weight excluding hydrogens is 228 g/mol. The van der Waals surface area contributed by atoms with Crippen LogP contribution < -0.4 is 15.4 Å². The summed E-state index contributed by atoms with van der Waals surface area (Å²) in [6.07, 6.45) is 1.10. The summed E-state index contributed by atoms with van der Waals surface area (Å²) in [6.45, 7) is 6.97. The molecule has 0 heterocycles. The summed E-state index contributed by atoms with van der Waals surface area (Å²) in [5.41, 5.74) is 0.592. The molecule has 1 aromatic rings. The van der Waals surface area contributed by atoms with Crippen molar-refractivity contribution in [3.8, 4) is 5.75 Å². The van der Waals surface area contributed by atoms with Crippen LogP contribution in [0, 0.1) is 0 Å². The van der Waals surface area contributed by atoms with E-state index in [9.17, 15) is 4.79 Å². The largest absolute Gasteiger partial charge is 0.493 e. The van der Waals surface area contributed by atoms with Crippen molar-refractivity contribution in [2.45, 2.75) is 20.3 Å². The van der Waals surface area contributed by atoms with Crippen molar-refractivity contribution < 1.29 is 9.53 Å². The van der Waals surface area contributed by atoms with Gasteiger partial charge >= 0.3 is 0 Å². The van der Waals surface area contributed by atoms with Gasteiger partial charge < -0.3 is 15.4 Å². The molecule has 0 unspecified atom stereocenters. The monoisotopic (exact) mass is 250 g/mol. The van der Waals surface area contributed by atoms with Crippen LogP contribution in [-0.4, -0.2) is 32.1 Å². The van der Waals surface area contributed by atoms with Crippen molar-refractivity contribution in [1.82, 2.24) is 10.6 Å². The number of benzene rings is 1. The van der Waals surface area contributed by atoms with E-state index in [-0.39, 0.29) is 5.91 Å². The number of ether oxygens (including phenoxy) is 1. The van der Waals surface area contributed by atoms with E-state index >= 15 is 0 Å². The highest BCUT2D eigenvalue weighted by Crippen LogP contribution is 2.17. The van der Waals surface area contributed by atoms with E-state index in [4.69, 9.17) is 4.74 Å². The summed E-state index contributed by atoms with van der Waals surface area (Å²) >= 11 is 0. The molecule has 0 aliphatic rings. The third kappa shape index (κ3) is 4.75. The number of carbonyl (C=O) groups excluding carboxylic acids is 1. The standard InChI is InChI=1S/C14H22N2O2/c1-3-9-15-10-11-16-14(17)12-7-5-6-8-13(12)18-4-2/h5-8,15H,3-4,9-11H2,1-2H3,(H,16,17).